The third kappa shape index (κ3) is 4.27. The number of carbonyl (C=O) groups excluding carboxylic acids is 1. The van der Waals surface area contributed by atoms with Gasteiger partial charge >= 0.3 is 0 Å². The van der Waals surface area contributed by atoms with E-state index in [-0.39, 0.29) is 5.91 Å². The molecular weight excluding hydrogens is 482 g/mol. The van der Waals surface area contributed by atoms with Crippen LogP contribution < -0.4 is 5.32 Å². The predicted molar refractivity (Wildman–Crippen MR) is 148 cm³/mol. The van der Waals surface area contributed by atoms with E-state index in [1.165, 1.54) is 4.88 Å². The Labute approximate surface area is 217 Å². The number of anilines is 1. The van der Waals surface area contributed by atoms with Gasteiger partial charge in [0.15, 0.2) is 11.5 Å². The van der Waals surface area contributed by atoms with Crippen LogP contribution in [0, 0.1) is 12.3 Å². The molecule has 3 N–H and O–H groups in total. The van der Waals surface area contributed by atoms with Crippen LogP contribution in [0.25, 0.3) is 55.2 Å². The number of hydrogen-bond acceptors (Lipinski definition) is 6. The quantitative estimate of drug-likeness (QED) is 0.249. The van der Waals surface area contributed by atoms with Gasteiger partial charge in [-0.15, -0.1) is 11.3 Å². The molecule has 0 fully saturated rings. The molecule has 0 saturated carbocycles. The van der Waals surface area contributed by atoms with E-state index in [4.69, 9.17) is 4.98 Å². The van der Waals surface area contributed by atoms with Crippen molar-refractivity contribution in [3.8, 4) is 33.1 Å². The topological polar surface area (TPSA) is 112 Å². The summed E-state index contributed by atoms with van der Waals surface area (Å²) in [5, 5.41) is 11.6. The summed E-state index contributed by atoms with van der Waals surface area (Å²) in [4.78, 5) is 32.0. The van der Waals surface area contributed by atoms with E-state index in [2.05, 4.69) is 55.6 Å². The number of aromatic nitrogens is 6. The van der Waals surface area contributed by atoms with E-state index in [0.717, 1.165) is 43.6 Å². The summed E-state index contributed by atoms with van der Waals surface area (Å²) in [5.74, 6) is 0.588. The number of imidazole rings is 1. The second-order valence-corrected chi connectivity index (χ2v) is 11.3. The maximum atomic E-state index is 12.4. The van der Waals surface area contributed by atoms with Gasteiger partial charge in [0.05, 0.1) is 17.4 Å². The molecule has 9 heteroatoms. The smallest absolute Gasteiger partial charge is 0.229 e. The first-order valence-electron chi connectivity index (χ1n) is 11.9. The van der Waals surface area contributed by atoms with Crippen molar-refractivity contribution in [3.63, 3.8) is 0 Å². The van der Waals surface area contributed by atoms with Gasteiger partial charge < -0.3 is 10.3 Å². The summed E-state index contributed by atoms with van der Waals surface area (Å²) in [6.45, 7) is 7.74. The first kappa shape index (κ1) is 23.1. The van der Waals surface area contributed by atoms with Gasteiger partial charge in [-0.2, -0.15) is 5.10 Å². The number of aryl methyl sites for hydroxylation is 1. The van der Waals surface area contributed by atoms with Gasteiger partial charge in [0, 0.05) is 44.1 Å². The van der Waals surface area contributed by atoms with Crippen molar-refractivity contribution < 1.29 is 4.79 Å². The lowest BCUT2D eigenvalue weighted by Gasteiger charge is -2.17. The lowest BCUT2D eigenvalue weighted by Crippen LogP contribution is -2.27. The van der Waals surface area contributed by atoms with Gasteiger partial charge in [0.1, 0.15) is 11.2 Å². The number of pyridine rings is 2. The van der Waals surface area contributed by atoms with Crippen LogP contribution in [0.15, 0.2) is 61.1 Å². The highest BCUT2D eigenvalue weighted by molar-refractivity contribution is 7.15. The van der Waals surface area contributed by atoms with E-state index in [1.807, 2.05) is 45.0 Å². The highest BCUT2D eigenvalue weighted by Gasteiger charge is 2.21. The molecule has 0 bridgehead atoms. The number of hydrogen-bond donors (Lipinski definition) is 3. The van der Waals surface area contributed by atoms with Crippen LogP contribution in [0.1, 0.15) is 25.6 Å². The van der Waals surface area contributed by atoms with Crippen LogP contribution in [0.4, 0.5) is 5.69 Å². The van der Waals surface area contributed by atoms with E-state index in [9.17, 15) is 4.79 Å². The number of nitrogens with zero attached hydrogens (tertiary/aromatic N) is 4. The maximum Gasteiger partial charge on any atom is 0.229 e. The molecule has 0 aliphatic heterocycles. The normalized spacial score (nSPS) is 11.9. The minimum absolute atomic E-state index is 0.0606. The highest BCUT2D eigenvalue weighted by Crippen LogP contribution is 2.35. The number of aromatic amines is 2. The average Bonchev–Trinajstić information content (AvgIpc) is 3.60. The van der Waals surface area contributed by atoms with Crippen molar-refractivity contribution in [2.75, 3.05) is 5.32 Å². The second-order valence-electron chi connectivity index (χ2n) is 10.1. The van der Waals surface area contributed by atoms with E-state index in [0.29, 0.717) is 17.2 Å². The van der Waals surface area contributed by atoms with Crippen LogP contribution in [-0.2, 0) is 4.79 Å². The number of amides is 1. The van der Waals surface area contributed by atoms with Crippen molar-refractivity contribution in [3.05, 3.63) is 65.9 Å². The number of H-pyrrole nitrogens is 2. The summed E-state index contributed by atoms with van der Waals surface area (Å²) in [5.41, 5.74) is 6.21. The molecule has 5 aromatic heterocycles. The second kappa shape index (κ2) is 8.63. The Hall–Kier alpha value is -4.37. The SMILES string of the molecule is Cc1ccc(-c2ccnc3[nH]c(-c4n[nH]c5ccc(-c6cncc(NC(=O)C(C)(C)C)c6)cc45)nc23)s1. The van der Waals surface area contributed by atoms with Crippen molar-refractivity contribution in [1.29, 1.82) is 0 Å². The fourth-order valence-electron chi connectivity index (χ4n) is 4.16. The third-order valence-electron chi connectivity index (χ3n) is 6.19. The summed E-state index contributed by atoms with van der Waals surface area (Å²) in [6.07, 6.45) is 5.24. The molecular formula is C28H25N7OS. The van der Waals surface area contributed by atoms with Crippen molar-refractivity contribution in [2.45, 2.75) is 27.7 Å². The van der Waals surface area contributed by atoms with E-state index < -0.39 is 5.41 Å². The minimum Gasteiger partial charge on any atom is -0.324 e. The van der Waals surface area contributed by atoms with Crippen LogP contribution in [-0.4, -0.2) is 36.0 Å². The molecule has 0 radical (unpaired) electrons. The Morgan fingerprint density at radius 1 is 1.03 bits per heavy atom. The molecule has 0 saturated heterocycles. The summed E-state index contributed by atoms with van der Waals surface area (Å²) < 4.78 is 0. The molecule has 0 atom stereocenters. The monoisotopic (exact) mass is 507 g/mol. The van der Waals surface area contributed by atoms with Crippen molar-refractivity contribution in [1.82, 2.24) is 30.1 Å². The minimum atomic E-state index is -0.496. The Morgan fingerprint density at radius 2 is 1.89 bits per heavy atom. The van der Waals surface area contributed by atoms with Crippen molar-refractivity contribution >= 4 is 45.0 Å². The molecule has 0 aliphatic rings. The van der Waals surface area contributed by atoms with Gasteiger partial charge in [0.2, 0.25) is 5.91 Å². The molecule has 1 amide bonds. The predicted octanol–water partition coefficient (Wildman–Crippen LogP) is 6.58. The van der Waals surface area contributed by atoms with E-state index >= 15 is 0 Å². The fourth-order valence-corrected chi connectivity index (χ4v) is 5.05. The number of thiophene rings is 1. The third-order valence-corrected chi connectivity index (χ3v) is 7.22. The molecule has 37 heavy (non-hydrogen) atoms. The lowest BCUT2D eigenvalue weighted by molar-refractivity contribution is -0.123. The Kier molecular flexibility index (Phi) is 5.38. The molecule has 8 nitrogen and oxygen atoms in total. The number of benzene rings is 1. The fraction of sp³-hybridized carbons (Fsp3) is 0.179. The Balaban J connectivity index is 1.40. The molecule has 6 aromatic rings. The van der Waals surface area contributed by atoms with Gasteiger partial charge in [-0.25, -0.2) is 9.97 Å². The van der Waals surface area contributed by atoms with Crippen LogP contribution in [0.5, 0.6) is 0 Å². The Bertz CT molecular complexity index is 1790. The zero-order valence-electron chi connectivity index (χ0n) is 20.9. The lowest BCUT2D eigenvalue weighted by atomic mass is 9.95. The largest absolute Gasteiger partial charge is 0.324 e. The average molecular weight is 508 g/mol. The summed E-state index contributed by atoms with van der Waals surface area (Å²) >= 11 is 1.73. The standard InChI is InChI=1S/C28H25N7OS/c1-15-5-8-22(37-15)19-9-10-30-25-23(19)32-26(33-25)24-20-12-16(6-7-21(20)34-35-24)17-11-18(14-29-13-17)31-27(36)28(2,3)4/h5-14H,1-4H3,(H,31,36)(H,34,35)(H,30,32,33). The number of nitrogens with one attached hydrogen (secondary N) is 3. The van der Waals surface area contributed by atoms with Gasteiger partial charge in [0.25, 0.3) is 0 Å². The first-order valence-corrected chi connectivity index (χ1v) is 12.7. The summed E-state index contributed by atoms with van der Waals surface area (Å²) in [6, 6.07) is 14.2. The number of carbonyl (C=O) groups is 1. The summed E-state index contributed by atoms with van der Waals surface area (Å²) in [7, 11) is 0. The molecule has 0 unspecified atom stereocenters. The number of rotatable bonds is 4. The van der Waals surface area contributed by atoms with Gasteiger partial charge in [-0.3, -0.25) is 14.9 Å². The van der Waals surface area contributed by atoms with Crippen LogP contribution >= 0.6 is 11.3 Å². The molecule has 5 heterocycles. The molecule has 184 valence electrons. The molecule has 0 aliphatic carbocycles. The van der Waals surface area contributed by atoms with Crippen molar-refractivity contribution in [2.24, 2.45) is 5.41 Å². The van der Waals surface area contributed by atoms with E-state index in [1.54, 1.807) is 29.9 Å². The van der Waals surface area contributed by atoms with Crippen LogP contribution in [0.2, 0.25) is 0 Å². The molecule has 0 spiro atoms. The number of fused-ring (bicyclic) bond motifs is 2. The van der Waals surface area contributed by atoms with Gasteiger partial charge in [-0.1, -0.05) is 26.8 Å². The zero-order chi connectivity index (χ0) is 25.7. The molecule has 6 rings (SSSR count). The van der Waals surface area contributed by atoms with Gasteiger partial charge in [-0.05, 0) is 48.9 Å². The Morgan fingerprint density at radius 3 is 2.68 bits per heavy atom. The molecule has 1 aromatic carbocycles. The van der Waals surface area contributed by atoms with Crippen LogP contribution in [0.3, 0.4) is 0 Å². The highest BCUT2D eigenvalue weighted by atomic mass is 32.1. The zero-order valence-corrected chi connectivity index (χ0v) is 21.7. The maximum absolute atomic E-state index is 12.4. The first-order chi connectivity index (χ1) is 17.8.